The number of hydrogen-bond acceptors (Lipinski definition) is 13. The van der Waals surface area contributed by atoms with Crippen molar-refractivity contribution < 1.29 is 61.7 Å². The van der Waals surface area contributed by atoms with Crippen molar-refractivity contribution in [3.05, 3.63) is 215 Å². The summed E-state index contributed by atoms with van der Waals surface area (Å²) in [5, 5.41) is 0. The molecule has 0 aromatic heterocycles. The first-order valence-electron chi connectivity index (χ1n) is 23.6. The van der Waals surface area contributed by atoms with Crippen molar-refractivity contribution in [2.45, 2.75) is 101 Å². The van der Waals surface area contributed by atoms with Crippen LogP contribution < -0.4 is 0 Å². The van der Waals surface area contributed by atoms with E-state index in [9.17, 15) is 9.59 Å². The van der Waals surface area contributed by atoms with Gasteiger partial charge in [0.2, 0.25) is 5.79 Å². The van der Waals surface area contributed by atoms with E-state index in [2.05, 4.69) is 0 Å². The summed E-state index contributed by atoms with van der Waals surface area (Å²) in [5.41, 5.74) is 4.39. The van der Waals surface area contributed by atoms with E-state index >= 15 is 0 Å². The second-order valence-electron chi connectivity index (χ2n) is 17.8. The zero-order valence-corrected chi connectivity index (χ0v) is 39.2. The van der Waals surface area contributed by atoms with Crippen LogP contribution in [-0.2, 0) is 78.5 Å². The number of hydrogen-bond donors (Lipinski definition) is 0. The topological polar surface area (TPSA) is 136 Å². The zero-order chi connectivity index (χ0) is 48.2. The van der Waals surface area contributed by atoms with Gasteiger partial charge in [-0.15, -0.1) is 0 Å². The molecule has 364 valence electrons. The van der Waals surface area contributed by atoms with Crippen LogP contribution in [0.25, 0.3) is 0 Å². The van der Waals surface area contributed by atoms with E-state index < -0.39 is 79.1 Å². The van der Waals surface area contributed by atoms with Gasteiger partial charge in [-0.25, -0.2) is 9.59 Å². The molecule has 6 aromatic rings. The zero-order valence-electron chi connectivity index (χ0n) is 39.2. The van der Waals surface area contributed by atoms with Gasteiger partial charge < -0.3 is 52.1 Å². The van der Waals surface area contributed by atoms with Gasteiger partial charge in [-0.1, -0.05) is 158 Å². The second-order valence-corrected chi connectivity index (χ2v) is 17.8. The van der Waals surface area contributed by atoms with E-state index in [1.807, 2.05) is 133 Å². The van der Waals surface area contributed by atoms with Gasteiger partial charge >= 0.3 is 11.9 Å². The summed E-state index contributed by atoms with van der Waals surface area (Å²) in [7, 11) is 0. The van der Waals surface area contributed by atoms with Crippen molar-refractivity contribution in [3.8, 4) is 0 Å². The van der Waals surface area contributed by atoms with E-state index in [4.69, 9.17) is 52.1 Å². The van der Waals surface area contributed by atoms with Gasteiger partial charge in [0.15, 0.2) is 12.1 Å². The summed E-state index contributed by atoms with van der Waals surface area (Å²) in [6.45, 7) is 3.68. The van der Waals surface area contributed by atoms with Gasteiger partial charge in [-0.05, 0) is 60.4 Å². The van der Waals surface area contributed by atoms with Crippen molar-refractivity contribution in [3.63, 3.8) is 0 Å². The number of rotatable bonds is 21. The summed E-state index contributed by atoms with van der Waals surface area (Å²) >= 11 is 0. The van der Waals surface area contributed by atoms with Crippen molar-refractivity contribution >= 4 is 11.9 Å². The van der Waals surface area contributed by atoms with Gasteiger partial charge in [0, 0.05) is 0 Å². The Bertz CT molecular complexity index is 2540. The smallest absolute Gasteiger partial charge is 0.338 e. The van der Waals surface area contributed by atoms with Gasteiger partial charge in [0.25, 0.3) is 0 Å². The summed E-state index contributed by atoms with van der Waals surface area (Å²) < 4.78 is 73.7. The molecule has 13 nitrogen and oxygen atoms in total. The van der Waals surface area contributed by atoms with Crippen molar-refractivity contribution in [1.82, 2.24) is 0 Å². The van der Waals surface area contributed by atoms with Crippen LogP contribution in [-0.4, -0.2) is 92.4 Å². The van der Waals surface area contributed by atoms with Gasteiger partial charge in [-0.3, -0.25) is 0 Å². The molecule has 3 aliphatic heterocycles. The first-order valence-corrected chi connectivity index (χ1v) is 23.6. The van der Waals surface area contributed by atoms with E-state index in [1.165, 1.54) is 0 Å². The average Bonchev–Trinajstić information content (AvgIpc) is 3.87. The van der Waals surface area contributed by atoms with Crippen molar-refractivity contribution in [1.29, 1.82) is 0 Å². The Morgan fingerprint density at radius 1 is 0.471 bits per heavy atom. The van der Waals surface area contributed by atoms with Crippen LogP contribution in [0.1, 0.15) is 56.8 Å². The minimum atomic E-state index is -1.94. The third-order valence-electron chi connectivity index (χ3n) is 12.2. The minimum absolute atomic E-state index is 0.0540. The van der Waals surface area contributed by atoms with Crippen LogP contribution in [0.4, 0.5) is 0 Å². The fraction of sp³-hybridized carbons (Fsp3) is 0.333. The lowest BCUT2D eigenvalue weighted by Gasteiger charge is -2.48. The van der Waals surface area contributed by atoms with Crippen LogP contribution >= 0.6 is 0 Å². The predicted molar refractivity (Wildman–Crippen MR) is 256 cm³/mol. The highest BCUT2D eigenvalue weighted by atomic mass is 16.9. The average molecular weight is 951 g/mol. The lowest BCUT2D eigenvalue weighted by atomic mass is 9.97. The van der Waals surface area contributed by atoms with E-state index in [0.29, 0.717) is 11.1 Å². The molecule has 0 unspecified atom stereocenters. The molecule has 13 heteroatoms. The Kier molecular flexibility index (Phi) is 16.2. The van der Waals surface area contributed by atoms with E-state index in [1.54, 1.807) is 62.4 Å². The van der Waals surface area contributed by atoms with Crippen LogP contribution in [0.5, 0.6) is 0 Å². The Morgan fingerprint density at radius 3 is 1.43 bits per heavy atom. The fourth-order valence-electron chi connectivity index (χ4n) is 8.84. The number of carbonyl (C=O) groups excluding carboxylic acids is 2. The summed E-state index contributed by atoms with van der Waals surface area (Å²) in [4.78, 5) is 27.2. The highest BCUT2D eigenvalue weighted by Gasteiger charge is 2.67. The highest BCUT2D eigenvalue weighted by Crippen LogP contribution is 2.47. The molecule has 0 spiro atoms. The largest absolute Gasteiger partial charge is 0.459 e. The highest BCUT2D eigenvalue weighted by molar-refractivity contribution is 5.89. The Morgan fingerprint density at radius 2 is 0.914 bits per heavy atom. The molecule has 0 aliphatic carbocycles. The number of carbonyl (C=O) groups is 2. The lowest BCUT2D eigenvalue weighted by Crippen LogP contribution is -2.64. The maximum Gasteiger partial charge on any atom is 0.338 e. The molecule has 9 rings (SSSR count). The molecular formula is C57H58O13. The molecule has 3 saturated heterocycles. The molecule has 3 heterocycles. The van der Waals surface area contributed by atoms with E-state index in [-0.39, 0.29) is 39.6 Å². The predicted octanol–water partition coefficient (Wildman–Crippen LogP) is 9.03. The van der Waals surface area contributed by atoms with Gasteiger partial charge in [0.1, 0.15) is 55.9 Å². The molecule has 70 heavy (non-hydrogen) atoms. The maximum absolute atomic E-state index is 13.8. The number of ether oxygens (including phenoxy) is 11. The maximum atomic E-state index is 13.8. The Balaban J connectivity index is 1.10. The summed E-state index contributed by atoms with van der Waals surface area (Å²) in [6, 6.07) is 56.5. The molecule has 9 atom stereocenters. The molecule has 0 radical (unpaired) electrons. The first-order chi connectivity index (χ1) is 34.2. The quantitative estimate of drug-likeness (QED) is 0.0636. The van der Waals surface area contributed by atoms with Crippen LogP contribution in [0.3, 0.4) is 0 Å². The molecule has 3 fully saturated rings. The van der Waals surface area contributed by atoms with Crippen molar-refractivity contribution in [2.24, 2.45) is 0 Å². The van der Waals surface area contributed by atoms with Gasteiger partial charge in [-0.2, -0.15) is 0 Å². The number of esters is 2. The molecule has 0 amide bonds. The first kappa shape index (κ1) is 48.9. The SMILES string of the molecule is CC1(C)O[C@H]2[C@@H](O1)[C@](COC(=O)c1ccccc1)(O[C@H]1O[C@H](COCc3ccccc3)[C@@H](OCc3ccccc3)[C@H](OCc3ccccc3)[C@H]1OCc1ccccc1)O[C@@H]2COC(=O)c1ccccc1. The summed E-state index contributed by atoms with van der Waals surface area (Å²) in [6.07, 6.45) is -7.68. The van der Waals surface area contributed by atoms with Crippen molar-refractivity contribution in [2.75, 3.05) is 19.8 Å². The normalized spacial score (nSPS) is 25.7. The molecule has 3 aliphatic rings. The molecule has 0 N–H and O–H groups in total. The fourth-order valence-corrected chi connectivity index (χ4v) is 8.84. The standard InChI is InChI=1S/C57H58O13/c1-56(2)68-49-47(38-64-53(58)44-29-17-7-18-30-44)67-57(52(49)69-56,39-65-54(59)45-31-19-8-20-32-45)70-55-51(63-36-43-27-15-6-16-28-43)50(62-35-42-25-13-5-14-26-42)48(61-34-41-23-11-4-12-24-41)46(66-55)37-60-33-40-21-9-3-10-22-40/h3-32,46-52,55H,33-39H2,1-2H3/t46-,47-,48-,49-,50+,51-,52-,55-,57+/m1/s1. The molecular weight excluding hydrogens is 893 g/mol. The Labute approximate surface area is 408 Å². The van der Waals surface area contributed by atoms with Crippen LogP contribution in [0.15, 0.2) is 182 Å². The van der Waals surface area contributed by atoms with Gasteiger partial charge in [0.05, 0.1) is 44.2 Å². The molecule has 0 saturated carbocycles. The Hall–Kier alpha value is -6.10. The second kappa shape index (κ2) is 23.2. The van der Waals surface area contributed by atoms with Crippen LogP contribution in [0, 0.1) is 0 Å². The van der Waals surface area contributed by atoms with E-state index in [0.717, 1.165) is 22.3 Å². The monoisotopic (exact) mass is 950 g/mol. The lowest BCUT2D eigenvalue weighted by molar-refractivity contribution is -0.399. The van der Waals surface area contributed by atoms with Crippen LogP contribution in [0.2, 0.25) is 0 Å². The minimum Gasteiger partial charge on any atom is -0.459 e. The summed E-state index contributed by atoms with van der Waals surface area (Å²) in [5.74, 6) is -4.30. The third kappa shape index (κ3) is 12.4. The number of fused-ring (bicyclic) bond motifs is 1. The molecule has 6 aromatic carbocycles. The third-order valence-corrected chi connectivity index (χ3v) is 12.2. The number of benzene rings is 6. The molecule has 0 bridgehead atoms.